The Hall–Kier alpha value is -0.900. The molecule has 0 radical (unpaired) electrons. The number of hydrogen-bond donors (Lipinski definition) is 1. The number of rotatable bonds is 4. The van der Waals surface area contributed by atoms with Gasteiger partial charge in [-0.1, -0.05) is 50.1 Å². The third-order valence-electron chi connectivity index (χ3n) is 6.72. The van der Waals surface area contributed by atoms with E-state index in [0.29, 0.717) is 6.04 Å². The summed E-state index contributed by atoms with van der Waals surface area (Å²) in [5.74, 6) is 0. The Balaban J connectivity index is 1.46. The molecule has 1 N–H and O–H groups in total. The van der Waals surface area contributed by atoms with Crippen molar-refractivity contribution in [1.82, 2.24) is 10.2 Å². The van der Waals surface area contributed by atoms with Crippen LogP contribution in [0.1, 0.15) is 70.0 Å². The number of hydrogen-bond acceptors (Lipinski definition) is 3. The fraction of sp³-hybridized carbons (Fsp3) is 0.727. The van der Waals surface area contributed by atoms with E-state index in [1.165, 1.54) is 63.6 Å². The highest BCUT2D eigenvalue weighted by atomic mass is 16.5. The Labute approximate surface area is 153 Å². The van der Waals surface area contributed by atoms with Gasteiger partial charge >= 0.3 is 0 Å². The molecule has 3 fully saturated rings. The van der Waals surface area contributed by atoms with E-state index in [1.807, 2.05) is 0 Å². The van der Waals surface area contributed by atoms with Crippen LogP contribution in [0.15, 0.2) is 30.3 Å². The minimum absolute atomic E-state index is 0.0840. The zero-order valence-electron chi connectivity index (χ0n) is 15.8. The van der Waals surface area contributed by atoms with Crippen LogP contribution in [0.4, 0.5) is 0 Å². The first-order chi connectivity index (χ1) is 12.3. The van der Waals surface area contributed by atoms with Gasteiger partial charge in [-0.25, -0.2) is 0 Å². The van der Waals surface area contributed by atoms with Gasteiger partial charge in [-0.2, -0.15) is 0 Å². The number of likely N-dealkylation sites (tertiary alicyclic amines) is 1. The number of benzene rings is 1. The summed E-state index contributed by atoms with van der Waals surface area (Å²) in [6, 6.07) is 12.3. The van der Waals surface area contributed by atoms with Crippen molar-refractivity contribution in [3.63, 3.8) is 0 Å². The van der Waals surface area contributed by atoms with Gasteiger partial charge in [-0.05, 0) is 50.6 Å². The van der Waals surface area contributed by atoms with Gasteiger partial charge in [0.05, 0.1) is 11.7 Å². The minimum atomic E-state index is 0.0840. The van der Waals surface area contributed by atoms with Gasteiger partial charge in [-0.15, -0.1) is 0 Å². The smallest absolute Gasteiger partial charge is 0.0847 e. The lowest BCUT2D eigenvalue weighted by atomic mass is 9.79. The lowest BCUT2D eigenvalue weighted by Gasteiger charge is -2.50. The Morgan fingerprint density at radius 2 is 1.84 bits per heavy atom. The number of nitrogens with one attached hydrogen (secondary N) is 1. The van der Waals surface area contributed by atoms with E-state index in [-0.39, 0.29) is 11.7 Å². The Bertz CT molecular complexity index is 532. The molecule has 2 heterocycles. The van der Waals surface area contributed by atoms with Crippen LogP contribution in [-0.4, -0.2) is 42.2 Å². The summed E-state index contributed by atoms with van der Waals surface area (Å²) in [4.78, 5) is 2.76. The molecule has 2 atom stereocenters. The molecule has 1 aromatic carbocycles. The lowest BCUT2D eigenvalue weighted by Crippen LogP contribution is -2.54. The third-order valence-corrected chi connectivity index (χ3v) is 6.72. The third kappa shape index (κ3) is 3.94. The van der Waals surface area contributed by atoms with Crippen LogP contribution < -0.4 is 5.32 Å². The van der Waals surface area contributed by atoms with Crippen LogP contribution in [0.3, 0.4) is 0 Å². The summed E-state index contributed by atoms with van der Waals surface area (Å²) >= 11 is 0. The average molecular weight is 343 g/mol. The summed E-state index contributed by atoms with van der Waals surface area (Å²) in [5, 5.41) is 3.73. The van der Waals surface area contributed by atoms with E-state index in [0.717, 1.165) is 19.0 Å². The van der Waals surface area contributed by atoms with Gasteiger partial charge in [0.2, 0.25) is 0 Å². The topological polar surface area (TPSA) is 24.5 Å². The summed E-state index contributed by atoms with van der Waals surface area (Å²) in [6.07, 6.45) is 10.6. The fourth-order valence-corrected chi connectivity index (χ4v) is 5.39. The molecule has 2 saturated heterocycles. The second-order valence-electron chi connectivity index (χ2n) is 8.37. The molecule has 25 heavy (non-hydrogen) atoms. The molecule has 0 amide bonds. The summed E-state index contributed by atoms with van der Waals surface area (Å²) in [5.41, 5.74) is 1.43. The van der Waals surface area contributed by atoms with E-state index in [1.54, 1.807) is 0 Å². The lowest BCUT2D eigenvalue weighted by molar-refractivity contribution is -0.165. The van der Waals surface area contributed by atoms with E-state index in [2.05, 4.69) is 47.5 Å². The van der Waals surface area contributed by atoms with Crippen LogP contribution >= 0.6 is 0 Å². The van der Waals surface area contributed by atoms with Crippen molar-refractivity contribution in [2.45, 2.75) is 82.1 Å². The molecule has 1 aromatic rings. The predicted molar refractivity (Wildman–Crippen MR) is 103 cm³/mol. The highest BCUT2D eigenvalue weighted by Crippen LogP contribution is 2.43. The monoisotopic (exact) mass is 342 g/mol. The van der Waals surface area contributed by atoms with Crippen LogP contribution in [0, 0.1) is 0 Å². The Morgan fingerprint density at radius 1 is 1.12 bits per heavy atom. The molecule has 1 saturated carbocycles. The van der Waals surface area contributed by atoms with Crippen LogP contribution in [0.5, 0.6) is 0 Å². The maximum absolute atomic E-state index is 6.82. The standard InChI is InChI=1S/C22H34N2O/c1-2-23-19-16-21(18-8-4-3-5-9-18)25-22(17-19)12-14-24(15-13-22)20-10-6-7-11-20/h3-5,8-9,19-21,23H,2,6-7,10-17H2,1H3/t19-,21-/m0/s1. The van der Waals surface area contributed by atoms with Gasteiger partial charge in [-0.3, -0.25) is 0 Å². The zero-order chi connectivity index (χ0) is 17.1. The molecular weight excluding hydrogens is 308 g/mol. The first-order valence-electron chi connectivity index (χ1n) is 10.5. The van der Waals surface area contributed by atoms with E-state index < -0.39 is 0 Å². The van der Waals surface area contributed by atoms with Gasteiger partial charge < -0.3 is 15.0 Å². The SMILES string of the molecule is CCN[C@H]1C[C@@H](c2ccccc2)OC2(CCN(C3CCCC3)CC2)C1. The molecule has 0 aromatic heterocycles. The Kier molecular flexibility index (Phi) is 5.44. The van der Waals surface area contributed by atoms with Gasteiger partial charge in [0.25, 0.3) is 0 Å². The van der Waals surface area contributed by atoms with Crippen molar-refractivity contribution in [2.75, 3.05) is 19.6 Å². The fourth-order valence-electron chi connectivity index (χ4n) is 5.39. The second kappa shape index (κ2) is 7.77. The molecule has 1 spiro atoms. The van der Waals surface area contributed by atoms with Crippen molar-refractivity contribution in [1.29, 1.82) is 0 Å². The minimum Gasteiger partial charge on any atom is -0.367 e. The van der Waals surface area contributed by atoms with E-state index in [9.17, 15) is 0 Å². The van der Waals surface area contributed by atoms with Gasteiger partial charge in [0.1, 0.15) is 0 Å². The van der Waals surface area contributed by atoms with Crippen molar-refractivity contribution < 1.29 is 4.74 Å². The maximum atomic E-state index is 6.82. The Morgan fingerprint density at radius 3 is 2.52 bits per heavy atom. The van der Waals surface area contributed by atoms with Crippen LogP contribution in [0.25, 0.3) is 0 Å². The number of ether oxygens (including phenoxy) is 1. The van der Waals surface area contributed by atoms with Crippen LogP contribution in [0.2, 0.25) is 0 Å². The molecule has 3 heteroatoms. The molecule has 2 aliphatic heterocycles. The molecule has 1 aliphatic carbocycles. The van der Waals surface area contributed by atoms with Crippen molar-refractivity contribution in [3.05, 3.63) is 35.9 Å². The molecule has 138 valence electrons. The summed E-state index contributed by atoms with van der Waals surface area (Å²) < 4.78 is 6.82. The normalized spacial score (nSPS) is 30.8. The molecule has 3 nitrogen and oxygen atoms in total. The summed E-state index contributed by atoms with van der Waals surface area (Å²) in [7, 11) is 0. The highest BCUT2D eigenvalue weighted by Gasteiger charge is 2.44. The molecule has 4 rings (SSSR count). The van der Waals surface area contributed by atoms with Gasteiger partial charge in [0, 0.05) is 25.2 Å². The van der Waals surface area contributed by atoms with E-state index in [4.69, 9.17) is 4.74 Å². The predicted octanol–water partition coefficient (Wildman–Crippen LogP) is 4.29. The zero-order valence-corrected chi connectivity index (χ0v) is 15.8. The first-order valence-corrected chi connectivity index (χ1v) is 10.5. The van der Waals surface area contributed by atoms with Crippen molar-refractivity contribution in [2.24, 2.45) is 0 Å². The maximum Gasteiger partial charge on any atom is 0.0847 e. The van der Waals surface area contributed by atoms with Crippen molar-refractivity contribution in [3.8, 4) is 0 Å². The second-order valence-corrected chi connectivity index (χ2v) is 8.37. The van der Waals surface area contributed by atoms with Crippen LogP contribution in [-0.2, 0) is 4.74 Å². The summed E-state index contributed by atoms with van der Waals surface area (Å²) in [6.45, 7) is 5.73. The quantitative estimate of drug-likeness (QED) is 0.883. The first kappa shape index (κ1) is 17.5. The molecule has 0 bridgehead atoms. The number of piperidine rings is 1. The molecule has 0 unspecified atom stereocenters. The number of nitrogens with zero attached hydrogens (tertiary/aromatic N) is 1. The average Bonchev–Trinajstić information content (AvgIpc) is 3.18. The van der Waals surface area contributed by atoms with Gasteiger partial charge in [0.15, 0.2) is 0 Å². The molecule has 3 aliphatic rings. The van der Waals surface area contributed by atoms with E-state index >= 15 is 0 Å². The van der Waals surface area contributed by atoms with Crippen molar-refractivity contribution >= 4 is 0 Å². The highest BCUT2D eigenvalue weighted by molar-refractivity contribution is 5.19. The largest absolute Gasteiger partial charge is 0.367 e. The molecular formula is C22H34N2O.